The van der Waals surface area contributed by atoms with Crippen molar-refractivity contribution in [2.45, 2.75) is 18.9 Å². The van der Waals surface area contributed by atoms with Gasteiger partial charge in [-0.3, -0.25) is 19.8 Å². The maximum absolute atomic E-state index is 11.6. The molecule has 2 rings (SSSR count). The molecule has 0 aliphatic rings. The SMILES string of the molecule is NNC(=O)C(=O)NC(CC(=O)O)Cc1ccc(-c2cccc(Cl)c2)cc1. The van der Waals surface area contributed by atoms with Crippen molar-refractivity contribution in [1.29, 1.82) is 0 Å². The number of rotatable bonds is 6. The Bertz CT molecular complexity index is 808. The first-order chi connectivity index (χ1) is 12.4. The van der Waals surface area contributed by atoms with Crippen LogP contribution in [-0.4, -0.2) is 28.9 Å². The standard InChI is InChI=1S/C18H18ClN3O4/c19-14-3-1-2-13(9-14)12-6-4-11(5-7-12)8-15(10-16(23)24)21-17(25)18(26)22-20/h1-7,9,15H,8,10,20H2,(H,21,25)(H,22,26)(H,23,24). The summed E-state index contributed by atoms with van der Waals surface area (Å²) in [4.78, 5) is 33.8. The molecule has 0 fully saturated rings. The quantitative estimate of drug-likeness (QED) is 0.264. The predicted molar refractivity (Wildman–Crippen MR) is 97.1 cm³/mol. The number of hydrazine groups is 1. The second-order valence-electron chi connectivity index (χ2n) is 5.65. The van der Waals surface area contributed by atoms with E-state index in [1.165, 1.54) is 0 Å². The summed E-state index contributed by atoms with van der Waals surface area (Å²) in [7, 11) is 0. The molecule has 0 radical (unpaired) electrons. The van der Waals surface area contributed by atoms with Gasteiger partial charge in [0.05, 0.1) is 6.42 Å². The molecule has 2 aromatic rings. The maximum atomic E-state index is 11.6. The number of carboxylic acids is 1. The molecule has 0 bridgehead atoms. The van der Waals surface area contributed by atoms with Crippen LogP contribution in [0, 0.1) is 0 Å². The molecule has 1 atom stereocenters. The maximum Gasteiger partial charge on any atom is 0.323 e. The Labute approximate surface area is 155 Å². The van der Waals surface area contributed by atoms with Crippen LogP contribution in [0.3, 0.4) is 0 Å². The van der Waals surface area contributed by atoms with Crippen LogP contribution >= 0.6 is 11.6 Å². The topological polar surface area (TPSA) is 122 Å². The van der Waals surface area contributed by atoms with Gasteiger partial charge in [0.15, 0.2) is 0 Å². The first kappa shape index (κ1) is 19.4. The van der Waals surface area contributed by atoms with E-state index in [-0.39, 0.29) is 12.8 Å². The van der Waals surface area contributed by atoms with E-state index < -0.39 is 23.8 Å². The highest BCUT2D eigenvalue weighted by Crippen LogP contribution is 2.23. The zero-order valence-corrected chi connectivity index (χ0v) is 14.5. The highest BCUT2D eigenvalue weighted by Gasteiger charge is 2.20. The molecule has 0 spiro atoms. The summed E-state index contributed by atoms with van der Waals surface area (Å²) in [5.41, 5.74) is 4.44. The smallest absolute Gasteiger partial charge is 0.323 e. The van der Waals surface area contributed by atoms with Gasteiger partial charge in [0.25, 0.3) is 0 Å². The molecule has 0 aliphatic carbocycles. The molecule has 2 amide bonds. The summed E-state index contributed by atoms with van der Waals surface area (Å²) in [5, 5.41) is 12.0. The van der Waals surface area contributed by atoms with Crippen molar-refractivity contribution in [2.24, 2.45) is 5.84 Å². The zero-order chi connectivity index (χ0) is 19.1. The number of hydrogen-bond acceptors (Lipinski definition) is 4. The van der Waals surface area contributed by atoms with Crippen LogP contribution < -0.4 is 16.6 Å². The number of halogens is 1. The van der Waals surface area contributed by atoms with Gasteiger partial charge in [-0.25, -0.2) is 5.84 Å². The fourth-order valence-corrected chi connectivity index (χ4v) is 2.68. The molecule has 5 N–H and O–H groups in total. The van der Waals surface area contributed by atoms with E-state index in [1.54, 1.807) is 11.5 Å². The lowest BCUT2D eigenvalue weighted by Crippen LogP contribution is -2.48. The fourth-order valence-electron chi connectivity index (χ4n) is 2.49. The highest BCUT2D eigenvalue weighted by atomic mass is 35.5. The number of amides is 2. The van der Waals surface area contributed by atoms with Crippen molar-refractivity contribution in [2.75, 3.05) is 0 Å². The molecule has 2 aromatic carbocycles. The minimum atomic E-state index is -1.08. The molecule has 1 unspecified atom stereocenters. The van der Waals surface area contributed by atoms with E-state index >= 15 is 0 Å². The zero-order valence-electron chi connectivity index (χ0n) is 13.7. The number of aliphatic carboxylic acids is 1. The number of nitrogens with one attached hydrogen (secondary N) is 2. The summed E-state index contributed by atoms with van der Waals surface area (Å²) in [6.45, 7) is 0. The van der Waals surface area contributed by atoms with Gasteiger partial charge in [0.2, 0.25) is 0 Å². The third-order valence-electron chi connectivity index (χ3n) is 3.69. The van der Waals surface area contributed by atoms with Gasteiger partial charge in [-0.15, -0.1) is 0 Å². The average Bonchev–Trinajstić information content (AvgIpc) is 2.61. The van der Waals surface area contributed by atoms with Gasteiger partial charge >= 0.3 is 17.8 Å². The number of carbonyl (C=O) groups excluding carboxylic acids is 2. The molecule has 0 heterocycles. The lowest BCUT2D eigenvalue weighted by atomic mass is 9.99. The van der Waals surface area contributed by atoms with E-state index in [2.05, 4.69) is 5.32 Å². The highest BCUT2D eigenvalue weighted by molar-refractivity contribution is 6.35. The third-order valence-corrected chi connectivity index (χ3v) is 3.92. The van der Waals surface area contributed by atoms with Crippen LogP contribution in [0.4, 0.5) is 0 Å². The summed E-state index contributed by atoms with van der Waals surface area (Å²) in [6, 6.07) is 14.1. The Morgan fingerprint density at radius 2 is 1.73 bits per heavy atom. The minimum Gasteiger partial charge on any atom is -0.481 e. The molecular weight excluding hydrogens is 358 g/mol. The summed E-state index contributed by atoms with van der Waals surface area (Å²) >= 11 is 5.99. The summed E-state index contributed by atoms with van der Waals surface area (Å²) < 4.78 is 0. The number of carboxylic acid groups (broad SMARTS) is 1. The van der Waals surface area contributed by atoms with Crippen LogP contribution in [0.2, 0.25) is 5.02 Å². The molecule has 0 aliphatic heterocycles. The minimum absolute atomic E-state index is 0.256. The lowest BCUT2D eigenvalue weighted by Gasteiger charge is -2.16. The van der Waals surface area contributed by atoms with Gasteiger partial charge in [0, 0.05) is 11.1 Å². The van der Waals surface area contributed by atoms with Gasteiger partial charge in [-0.1, -0.05) is 48.0 Å². The molecule has 0 aromatic heterocycles. The summed E-state index contributed by atoms with van der Waals surface area (Å²) in [5.74, 6) is 1.81. The van der Waals surface area contributed by atoms with E-state index in [0.29, 0.717) is 5.02 Å². The van der Waals surface area contributed by atoms with Crippen LogP contribution in [-0.2, 0) is 20.8 Å². The average molecular weight is 376 g/mol. The molecule has 0 saturated heterocycles. The lowest BCUT2D eigenvalue weighted by molar-refractivity contribution is -0.141. The molecule has 26 heavy (non-hydrogen) atoms. The predicted octanol–water partition coefficient (Wildman–Crippen LogP) is 1.50. The third kappa shape index (κ3) is 5.58. The van der Waals surface area contributed by atoms with Gasteiger partial charge < -0.3 is 10.4 Å². The number of nitrogens with two attached hydrogens (primary N) is 1. The van der Waals surface area contributed by atoms with Crippen LogP contribution in [0.15, 0.2) is 48.5 Å². The van der Waals surface area contributed by atoms with Crippen LogP contribution in [0.25, 0.3) is 11.1 Å². The first-order valence-corrected chi connectivity index (χ1v) is 8.15. The van der Waals surface area contributed by atoms with Gasteiger partial charge in [-0.05, 0) is 35.2 Å². The van der Waals surface area contributed by atoms with Crippen LogP contribution in [0.1, 0.15) is 12.0 Å². The van der Waals surface area contributed by atoms with Crippen molar-refractivity contribution in [1.82, 2.24) is 10.7 Å². The van der Waals surface area contributed by atoms with E-state index in [4.69, 9.17) is 22.6 Å². The molecule has 0 saturated carbocycles. The Hall–Kier alpha value is -2.90. The van der Waals surface area contributed by atoms with Crippen molar-refractivity contribution >= 4 is 29.4 Å². The van der Waals surface area contributed by atoms with E-state index in [1.807, 2.05) is 42.5 Å². The Morgan fingerprint density at radius 1 is 1.04 bits per heavy atom. The molecule has 8 heteroatoms. The van der Waals surface area contributed by atoms with Crippen molar-refractivity contribution < 1.29 is 19.5 Å². The number of hydrogen-bond donors (Lipinski definition) is 4. The normalized spacial score (nSPS) is 11.5. The van der Waals surface area contributed by atoms with Crippen molar-refractivity contribution in [3.05, 3.63) is 59.1 Å². The number of benzene rings is 2. The van der Waals surface area contributed by atoms with Crippen molar-refractivity contribution in [3.63, 3.8) is 0 Å². The van der Waals surface area contributed by atoms with E-state index in [9.17, 15) is 14.4 Å². The largest absolute Gasteiger partial charge is 0.481 e. The molecular formula is C18H18ClN3O4. The second kappa shape index (κ2) is 8.98. The van der Waals surface area contributed by atoms with Gasteiger partial charge in [-0.2, -0.15) is 0 Å². The summed E-state index contributed by atoms with van der Waals surface area (Å²) in [6.07, 6.45) is -0.0641. The fraction of sp³-hybridized carbons (Fsp3) is 0.167. The Morgan fingerprint density at radius 3 is 2.31 bits per heavy atom. The van der Waals surface area contributed by atoms with Crippen molar-refractivity contribution in [3.8, 4) is 11.1 Å². The molecule has 136 valence electrons. The first-order valence-electron chi connectivity index (χ1n) is 7.77. The molecule has 7 nitrogen and oxygen atoms in total. The monoisotopic (exact) mass is 375 g/mol. The Balaban J connectivity index is 2.11. The van der Waals surface area contributed by atoms with Gasteiger partial charge in [0.1, 0.15) is 0 Å². The van der Waals surface area contributed by atoms with Crippen LogP contribution in [0.5, 0.6) is 0 Å². The second-order valence-corrected chi connectivity index (χ2v) is 6.09. The Kier molecular flexibility index (Phi) is 6.71. The number of carbonyl (C=O) groups is 3. The van der Waals surface area contributed by atoms with E-state index in [0.717, 1.165) is 16.7 Å².